The van der Waals surface area contributed by atoms with Gasteiger partial charge in [-0.1, -0.05) is 38.8 Å². The van der Waals surface area contributed by atoms with Crippen LogP contribution in [-0.4, -0.2) is 20.8 Å². The summed E-state index contributed by atoms with van der Waals surface area (Å²) in [4.78, 5) is 4.34. The molecule has 1 saturated carbocycles. The summed E-state index contributed by atoms with van der Waals surface area (Å²) in [5, 5.41) is 14.4. The van der Waals surface area contributed by atoms with E-state index in [-0.39, 0.29) is 5.92 Å². The minimum Gasteiger partial charge on any atom is -0.389 e. The third-order valence-electron chi connectivity index (χ3n) is 3.55. The molecule has 4 heteroatoms. The summed E-state index contributed by atoms with van der Waals surface area (Å²) < 4.78 is 5.21. The molecule has 0 aliphatic heterocycles. The van der Waals surface area contributed by atoms with Crippen LogP contribution in [-0.2, 0) is 6.42 Å². The lowest BCUT2D eigenvalue weighted by Crippen LogP contribution is -2.36. The zero-order chi connectivity index (χ0) is 12.5. The molecule has 96 valence electrons. The Hall–Kier alpha value is -0.900. The molecular weight excluding hydrogens is 216 g/mol. The number of nitrogens with zero attached hydrogens (tertiary/aromatic N) is 2. The van der Waals surface area contributed by atoms with Crippen molar-refractivity contribution >= 4 is 0 Å². The molecule has 2 atom stereocenters. The molecule has 0 unspecified atom stereocenters. The van der Waals surface area contributed by atoms with Gasteiger partial charge < -0.3 is 9.63 Å². The summed E-state index contributed by atoms with van der Waals surface area (Å²) in [5.74, 6) is 2.16. The van der Waals surface area contributed by atoms with Gasteiger partial charge >= 0.3 is 0 Å². The van der Waals surface area contributed by atoms with Gasteiger partial charge in [0.05, 0.1) is 12.0 Å². The molecule has 0 spiro atoms. The van der Waals surface area contributed by atoms with E-state index in [4.69, 9.17) is 4.52 Å². The van der Waals surface area contributed by atoms with Gasteiger partial charge in [0.2, 0.25) is 5.89 Å². The van der Waals surface area contributed by atoms with Crippen molar-refractivity contribution in [1.82, 2.24) is 10.1 Å². The average molecular weight is 238 g/mol. The zero-order valence-electron chi connectivity index (χ0n) is 10.9. The molecule has 1 fully saturated rings. The first kappa shape index (κ1) is 12.6. The summed E-state index contributed by atoms with van der Waals surface area (Å²) in [5.41, 5.74) is -0.640. The maximum absolute atomic E-state index is 10.5. The molecule has 1 heterocycles. The topological polar surface area (TPSA) is 59.2 Å². The maximum atomic E-state index is 10.5. The normalized spacial score (nSPS) is 29.8. The van der Waals surface area contributed by atoms with Crippen LogP contribution in [0.5, 0.6) is 0 Å². The Bertz CT molecular complexity index is 375. The molecule has 1 aliphatic rings. The number of rotatable bonds is 3. The largest absolute Gasteiger partial charge is 0.389 e. The second kappa shape index (κ2) is 4.77. The van der Waals surface area contributed by atoms with E-state index < -0.39 is 5.60 Å². The standard InChI is InChI=1S/C13H22N2O2/c1-9(2)12-14-11(17-15-12)8-13(16)6-4-5-10(3)7-13/h9-10,16H,4-8H2,1-3H3/t10-,13+/m0/s1. The van der Waals surface area contributed by atoms with Crippen LogP contribution in [0.3, 0.4) is 0 Å². The van der Waals surface area contributed by atoms with E-state index in [2.05, 4.69) is 17.1 Å². The summed E-state index contributed by atoms with van der Waals surface area (Å²) in [6.07, 6.45) is 4.48. The second-order valence-electron chi connectivity index (χ2n) is 5.80. The van der Waals surface area contributed by atoms with Gasteiger partial charge in [0.15, 0.2) is 5.82 Å². The lowest BCUT2D eigenvalue weighted by molar-refractivity contribution is -0.0180. The molecule has 0 bridgehead atoms. The van der Waals surface area contributed by atoms with Crippen molar-refractivity contribution in [2.75, 3.05) is 0 Å². The lowest BCUT2D eigenvalue weighted by atomic mass is 9.77. The Morgan fingerprint density at radius 3 is 2.88 bits per heavy atom. The number of aromatic nitrogens is 2. The number of hydrogen-bond acceptors (Lipinski definition) is 4. The first-order valence-electron chi connectivity index (χ1n) is 6.53. The molecule has 4 nitrogen and oxygen atoms in total. The Kier molecular flexibility index (Phi) is 3.52. The van der Waals surface area contributed by atoms with Crippen LogP contribution in [0.2, 0.25) is 0 Å². The molecule has 0 saturated heterocycles. The fraction of sp³-hybridized carbons (Fsp3) is 0.846. The Balaban J connectivity index is 2.03. The van der Waals surface area contributed by atoms with E-state index in [1.165, 1.54) is 6.42 Å². The highest BCUT2D eigenvalue weighted by Gasteiger charge is 2.34. The van der Waals surface area contributed by atoms with E-state index in [0.717, 1.165) is 25.1 Å². The van der Waals surface area contributed by atoms with Crippen molar-refractivity contribution in [2.24, 2.45) is 5.92 Å². The fourth-order valence-corrected chi connectivity index (χ4v) is 2.65. The van der Waals surface area contributed by atoms with E-state index in [0.29, 0.717) is 18.2 Å². The van der Waals surface area contributed by atoms with Crippen molar-refractivity contribution < 1.29 is 9.63 Å². The Morgan fingerprint density at radius 2 is 2.29 bits per heavy atom. The van der Waals surface area contributed by atoms with Crippen LogP contribution in [0.25, 0.3) is 0 Å². The van der Waals surface area contributed by atoms with Gasteiger partial charge in [-0.05, 0) is 18.8 Å². The zero-order valence-corrected chi connectivity index (χ0v) is 10.9. The average Bonchev–Trinajstić information content (AvgIpc) is 2.64. The van der Waals surface area contributed by atoms with Crippen LogP contribution < -0.4 is 0 Å². The van der Waals surface area contributed by atoms with E-state index in [9.17, 15) is 5.11 Å². The van der Waals surface area contributed by atoms with Crippen LogP contribution in [0.4, 0.5) is 0 Å². The maximum Gasteiger partial charge on any atom is 0.229 e. The van der Waals surface area contributed by atoms with Gasteiger partial charge in [-0.25, -0.2) is 0 Å². The third-order valence-corrected chi connectivity index (χ3v) is 3.55. The van der Waals surface area contributed by atoms with Crippen LogP contribution in [0.1, 0.15) is 64.1 Å². The third kappa shape index (κ3) is 3.06. The van der Waals surface area contributed by atoms with Gasteiger partial charge in [0, 0.05) is 5.92 Å². The van der Waals surface area contributed by atoms with Crippen LogP contribution >= 0.6 is 0 Å². The summed E-state index contributed by atoms with van der Waals surface area (Å²) in [6.45, 7) is 6.26. The van der Waals surface area contributed by atoms with Crippen LogP contribution in [0, 0.1) is 5.92 Å². The molecule has 0 aromatic carbocycles. The van der Waals surface area contributed by atoms with Gasteiger partial charge in [0.1, 0.15) is 0 Å². The molecule has 1 N–H and O–H groups in total. The SMILES string of the molecule is CC(C)c1noc(C[C@@]2(O)CCC[C@H](C)C2)n1. The fourth-order valence-electron chi connectivity index (χ4n) is 2.65. The monoisotopic (exact) mass is 238 g/mol. The summed E-state index contributed by atoms with van der Waals surface area (Å²) >= 11 is 0. The van der Waals surface area contributed by atoms with Crippen LogP contribution in [0.15, 0.2) is 4.52 Å². The highest BCUT2D eigenvalue weighted by molar-refractivity contribution is 4.97. The molecule has 0 amide bonds. The van der Waals surface area contributed by atoms with Crippen molar-refractivity contribution in [1.29, 1.82) is 0 Å². The molecule has 1 aromatic rings. The second-order valence-corrected chi connectivity index (χ2v) is 5.80. The molecule has 17 heavy (non-hydrogen) atoms. The first-order chi connectivity index (χ1) is 7.98. The number of hydrogen-bond donors (Lipinski definition) is 1. The first-order valence-corrected chi connectivity index (χ1v) is 6.53. The molecule has 2 rings (SSSR count). The number of aliphatic hydroxyl groups is 1. The predicted molar refractivity (Wildman–Crippen MR) is 64.7 cm³/mol. The quantitative estimate of drug-likeness (QED) is 0.879. The minimum absolute atomic E-state index is 0.271. The van der Waals surface area contributed by atoms with Crippen molar-refractivity contribution in [3.63, 3.8) is 0 Å². The molecule has 0 radical (unpaired) electrons. The highest BCUT2D eigenvalue weighted by Crippen LogP contribution is 2.34. The molecule has 1 aliphatic carbocycles. The predicted octanol–water partition coefficient (Wildman–Crippen LogP) is 2.68. The highest BCUT2D eigenvalue weighted by atomic mass is 16.5. The summed E-state index contributed by atoms with van der Waals surface area (Å²) in [6, 6.07) is 0. The smallest absolute Gasteiger partial charge is 0.229 e. The molecule has 1 aromatic heterocycles. The van der Waals surface area contributed by atoms with Gasteiger partial charge in [-0.2, -0.15) is 4.98 Å². The van der Waals surface area contributed by atoms with E-state index in [1.54, 1.807) is 0 Å². The summed E-state index contributed by atoms with van der Waals surface area (Å²) in [7, 11) is 0. The van der Waals surface area contributed by atoms with Gasteiger partial charge in [0.25, 0.3) is 0 Å². The van der Waals surface area contributed by atoms with Gasteiger partial charge in [-0.3, -0.25) is 0 Å². The van der Waals surface area contributed by atoms with E-state index in [1.807, 2.05) is 13.8 Å². The molecular formula is C13H22N2O2. The lowest BCUT2D eigenvalue weighted by Gasteiger charge is -2.34. The van der Waals surface area contributed by atoms with E-state index >= 15 is 0 Å². The van der Waals surface area contributed by atoms with Gasteiger partial charge in [-0.15, -0.1) is 0 Å². The van der Waals surface area contributed by atoms with Crippen molar-refractivity contribution in [3.8, 4) is 0 Å². The van der Waals surface area contributed by atoms with Crippen molar-refractivity contribution in [2.45, 2.75) is 64.4 Å². The van der Waals surface area contributed by atoms with Crippen molar-refractivity contribution in [3.05, 3.63) is 11.7 Å². The Labute approximate surface area is 102 Å². The Morgan fingerprint density at radius 1 is 1.53 bits per heavy atom. The minimum atomic E-state index is -0.640.